The SMILES string of the molecule is O=C(CCNc1ccc(C(F)(F)F)cc1)N1CCOCC1. The lowest BCUT2D eigenvalue weighted by molar-refractivity contribution is -0.137. The first-order valence-electron chi connectivity index (χ1n) is 6.73. The van der Waals surface area contributed by atoms with Gasteiger partial charge in [-0.05, 0) is 24.3 Å². The molecule has 0 saturated carbocycles. The zero-order valence-electron chi connectivity index (χ0n) is 11.4. The molecule has 0 bridgehead atoms. The zero-order chi connectivity index (χ0) is 15.3. The van der Waals surface area contributed by atoms with Crippen LogP contribution in [0, 0.1) is 0 Å². The minimum Gasteiger partial charge on any atom is -0.385 e. The molecular formula is C14H17F3N2O2. The Balaban J connectivity index is 1.76. The van der Waals surface area contributed by atoms with Crippen molar-refractivity contribution in [2.45, 2.75) is 12.6 Å². The van der Waals surface area contributed by atoms with E-state index in [1.807, 2.05) is 0 Å². The van der Waals surface area contributed by atoms with Crippen LogP contribution in [0.2, 0.25) is 0 Å². The first-order valence-corrected chi connectivity index (χ1v) is 6.73. The predicted molar refractivity (Wildman–Crippen MR) is 71.9 cm³/mol. The maximum Gasteiger partial charge on any atom is 0.416 e. The molecule has 1 aromatic carbocycles. The average molecular weight is 302 g/mol. The molecule has 0 aliphatic carbocycles. The fourth-order valence-electron chi connectivity index (χ4n) is 2.06. The third-order valence-electron chi connectivity index (χ3n) is 3.24. The van der Waals surface area contributed by atoms with Crippen molar-refractivity contribution in [1.82, 2.24) is 4.90 Å². The van der Waals surface area contributed by atoms with Crippen molar-refractivity contribution in [2.75, 3.05) is 38.2 Å². The number of anilines is 1. The van der Waals surface area contributed by atoms with E-state index in [2.05, 4.69) is 5.32 Å². The third-order valence-corrected chi connectivity index (χ3v) is 3.24. The van der Waals surface area contributed by atoms with Crippen LogP contribution in [-0.4, -0.2) is 43.7 Å². The molecule has 1 amide bonds. The number of carbonyl (C=O) groups is 1. The van der Waals surface area contributed by atoms with Gasteiger partial charge in [-0.1, -0.05) is 0 Å². The number of benzene rings is 1. The lowest BCUT2D eigenvalue weighted by Gasteiger charge is -2.26. The van der Waals surface area contributed by atoms with Crippen LogP contribution in [-0.2, 0) is 15.7 Å². The zero-order valence-corrected chi connectivity index (χ0v) is 11.4. The number of rotatable bonds is 4. The van der Waals surface area contributed by atoms with E-state index in [0.717, 1.165) is 12.1 Å². The Bertz CT molecular complexity index is 468. The lowest BCUT2D eigenvalue weighted by atomic mass is 10.2. The van der Waals surface area contributed by atoms with Crippen molar-refractivity contribution in [3.05, 3.63) is 29.8 Å². The number of morpholine rings is 1. The summed E-state index contributed by atoms with van der Waals surface area (Å²) in [6, 6.07) is 4.77. The Labute approximate surface area is 120 Å². The molecule has 0 radical (unpaired) electrons. The van der Waals surface area contributed by atoms with E-state index >= 15 is 0 Å². The van der Waals surface area contributed by atoms with Crippen LogP contribution in [0.3, 0.4) is 0 Å². The van der Waals surface area contributed by atoms with Gasteiger partial charge in [-0.25, -0.2) is 0 Å². The van der Waals surface area contributed by atoms with Crippen LogP contribution < -0.4 is 5.32 Å². The first-order chi connectivity index (χ1) is 9.97. The van der Waals surface area contributed by atoms with Crippen LogP contribution in [0.15, 0.2) is 24.3 Å². The van der Waals surface area contributed by atoms with Gasteiger partial charge in [-0.15, -0.1) is 0 Å². The minimum absolute atomic E-state index is 0.0257. The van der Waals surface area contributed by atoms with Crippen molar-refractivity contribution in [1.29, 1.82) is 0 Å². The normalized spacial score (nSPS) is 15.9. The summed E-state index contributed by atoms with van der Waals surface area (Å²) in [6.45, 7) is 2.69. The molecule has 0 atom stereocenters. The number of amides is 1. The van der Waals surface area contributed by atoms with Gasteiger partial charge >= 0.3 is 6.18 Å². The summed E-state index contributed by atoms with van der Waals surface area (Å²) in [5, 5.41) is 2.95. The van der Waals surface area contributed by atoms with Crippen molar-refractivity contribution in [3.8, 4) is 0 Å². The maximum atomic E-state index is 12.4. The Morgan fingerprint density at radius 1 is 1.19 bits per heavy atom. The van der Waals surface area contributed by atoms with Gasteiger partial charge < -0.3 is 15.0 Å². The summed E-state index contributed by atoms with van der Waals surface area (Å²) in [4.78, 5) is 13.6. The standard InChI is InChI=1S/C14H17F3N2O2/c15-14(16,17)11-1-3-12(4-2-11)18-6-5-13(20)19-7-9-21-10-8-19/h1-4,18H,5-10H2. The molecular weight excluding hydrogens is 285 g/mol. The van der Waals surface area contributed by atoms with Crippen molar-refractivity contribution >= 4 is 11.6 Å². The van der Waals surface area contributed by atoms with E-state index < -0.39 is 11.7 Å². The van der Waals surface area contributed by atoms with Gasteiger partial charge in [-0.2, -0.15) is 13.2 Å². The number of nitrogens with zero attached hydrogens (tertiary/aromatic N) is 1. The van der Waals surface area contributed by atoms with Crippen LogP contribution in [0.4, 0.5) is 18.9 Å². The van der Waals surface area contributed by atoms with Gasteiger partial charge in [0.15, 0.2) is 0 Å². The molecule has 1 N–H and O–H groups in total. The Morgan fingerprint density at radius 3 is 2.38 bits per heavy atom. The second-order valence-electron chi connectivity index (χ2n) is 4.75. The van der Waals surface area contributed by atoms with E-state index in [1.165, 1.54) is 12.1 Å². The largest absolute Gasteiger partial charge is 0.416 e. The summed E-state index contributed by atoms with van der Waals surface area (Å²) in [5.74, 6) is 0.0257. The van der Waals surface area contributed by atoms with E-state index in [1.54, 1.807) is 4.90 Å². The molecule has 1 aliphatic rings. The fourth-order valence-corrected chi connectivity index (χ4v) is 2.06. The molecule has 1 aromatic rings. The lowest BCUT2D eigenvalue weighted by Crippen LogP contribution is -2.41. The van der Waals surface area contributed by atoms with Crippen LogP contribution in [0.5, 0.6) is 0 Å². The number of hydrogen-bond donors (Lipinski definition) is 1. The molecule has 1 aliphatic heterocycles. The predicted octanol–water partition coefficient (Wildman–Crippen LogP) is 2.37. The molecule has 2 rings (SSSR count). The maximum absolute atomic E-state index is 12.4. The van der Waals surface area contributed by atoms with E-state index in [0.29, 0.717) is 45.0 Å². The van der Waals surface area contributed by atoms with Gasteiger partial charge in [0, 0.05) is 31.7 Å². The van der Waals surface area contributed by atoms with Crippen LogP contribution >= 0.6 is 0 Å². The molecule has 116 valence electrons. The van der Waals surface area contributed by atoms with Crippen LogP contribution in [0.25, 0.3) is 0 Å². The van der Waals surface area contributed by atoms with Gasteiger partial charge in [0.05, 0.1) is 18.8 Å². The van der Waals surface area contributed by atoms with E-state index in [-0.39, 0.29) is 5.91 Å². The summed E-state index contributed by atoms with van der Waals surface area (Å²) in [5.41, 5.74) is -0.116. The summed E-state index contributed by atoms with van der Waals surface area (Å²) in [7, 11) is 0. The van der Waals surface area contributed by atoms with Crippen LogP contribution in [0.1, 0.15) is 12.0 Å². The average Bonchev–Trinajstić information content (AvgIpc) is 2.47. The number of ether oxygens (including phenoxy) is 1. The number of carbonyl (C=O) groups excluding carboxylic acids is 1. The highest BCUT2D eigenvalue weighted by Crippen LogP contribution is 2.29. The van der Waals surface area contributed by atoms with Gasteiger partial charge in [0.25, 0.3) is 0 Å². The summed E-state index contributed by atoms with van der Waals surface area (Å²) < 4.78 is 42.4. The third kappa shape index (κ3) is 4.63. The molecule has 1 saturated heterocycles. The number of alkyl halides is 3. The Morgan fingerprint density at radius 2 is 1.81 bits per heavy atom. The van der Waals surface area contributed by atoms with E-state index in [4.69, 9.17) is 4.74 Å². The van der Waals surface area contributed by atoms with E-state index in [9.17, 15) is 18.0 Å². The van der Waals surface area contributed by atoms with Crippen molar-refractivity contribution in [2.24, 2.45) is 0 Å². The minimum atomic E-state index is -4.33. The second kappa shape index (κ2) is 6.80. The highest BCUT2D eigenvalue weighted by Gasteiger charge is 2.29. The molecule has 1 fully saturated rings. The molecule has 1 heterocycles. The molecule has 0 aromatic heterocycles. The highest BCUT2D eigenvalue weighted by atomic mass is 19.4. The van der Waals surface area contributed by atoms with Gasteiger partial charge in [-0.3, -0.25) is 4.79 Å². The first kappa shape index (κ1) is 15.6. The molecule has 4 nitrogen and oxygen atoms in total. The summed E-state index contributed by atoms with van der Waals surface area (Å²) in [6.07, 6.45) is -4.02. The molecule has 7 heteroatoms. The smallest absolute Gasteiger partial charge is 0.385 e. The number of nitrogens with one attached hydrogen (secondary N) is 1. The van der Waals surface area contributed by atoms with Crippen molar-refractivity contribution in [3.63, 3.8) is 0 Å². The van der Waals surface area contributed by atoms with Gasteiger partial charge in [0.1, 0.15) is 0 Å². The second-order valence-corrected chi connectivity index (χ2v) is 4.75. The molecule has 0 unspecified atom stereocenters. The number of halogens is 3. The molecule has 0 spiro atoms. The highest BCUT2D eigenvalue weighted by molar-refractivity contribution is 5.76. The van der Waals surface area contributed by atoms with Gasteiger partial charge in [0.2, 0.25) is 5.91 Å². The molecule has 21 heavy (non-hydrogen) atoms. The number of hydrogen-bond acceptors (Lipinski definition) is 3. The topological polar surface area (TPSA) is 41.6 Å². The Kier molecular flexibility index (Phi) is 5.06. The fraction of sp³-hybridized carbons (Fsp3) is 0.500. The monoisotopic (exact) mass is 302 g/mol. The summed E-state index contributed by atoms with van der Waals surface area (Å²) >= 11 is 0. The quantitative estimate of drug-likeness (QED) is 0.928. The Hall–Kier alpha value is -1.76. The van der Waals surface area contributed by atoms with Crippen molar-refractivity contribution < 1.29 is 22.7 Å².